The standard InChI is InChI=1S/C17H18N2O4S/c1-18-15(20)9-19-16(21)10-23-17(22)11-24-14-7-6-12-4-2-3-5-13(12)8-14/h2-8H,9-11H2,1H3,(H,18,20)(H,19,21). The molecule has 0 heterocycles. The third-order valence-corrected chi connectivity index (χ3v) is 4.13. The van der Waals surface area contributed by atoms with E-state index in [9.17, 15) is 14.4 Å². The molecule has 0 atom stereocenters. The average Bonchev–Trinajstić information content (AvgIpc) is 2.62. The summed E-state index contributed by atoms with van der Waals surface area (Å²) in [7, 11) is 1.47. The van der Waals surface area contributed by atoms with Crippen LogP contribution in [-0.2, 0) is 19.1 Å². The first-order chi connectivity index (χ1) is 11.6. The second kappa shape index (κ2) is 8.93. The van der Waals surface area contributed by atoms with Gasteiger partial charge in [0.2, 0.25) is 5.91 Å². The van der Waals surface area contributed by atoms with Crippen molar-refractivity contribution in [1.82, 2.24) is 10.6 Å². The molecule has 0 saturated heterocycles. The number of ether oxygens (including phenoxy) is 1. The predicted octanol–water partition coefficient (Wildman–Crippen LogP) is 1.34. The number of esters is 1. The average molecular weight is 346 g/mol. The summed E-state index contributed by atoms with van der Waals surface area (Å²) < 4.78 is 4.88. The first-order valence-corrected chi connectivity index (χ1v) is 8.31. The largest absolute Gasteiger partial charge is 0.455 e. The number of nitrogens with one attached hydrogen (secondary N) is 2. The zero-order chi connectivity index (χ0) is 17.4. The van der Waals surface area contributed by atoms with Crippen LogP contribution in [-0.4, -0.2) is 43.7 Å². The smallest absolute Gasteiger partial charge is 0.316 e. The summed E-state index contributed by atoms with van der Waals surface area (Å²) >= 11 is 1.35. The van der Waals surface area contributed by atoms with Crippen molar-refractivity contribution >= 4 is 40.3 Å². The maximum Gasteiger partial charge on any atom is 0.316 e. The maximum atomic E-state index is 11.7. The van der Waals surface area contributed by atoms with Crippen LogP contribution in [0.4, 0.5) is 0 Å². The molecule has 7 heteroatoms. The van der Waals surface area contributed by atoms with Gasteiger partial charge in [0, 0.05) is 11.9 Å². The van der Waals surface area contributed by atoms with Crippen LogP contribution >= 0.6 is 11.8 Å². The van der Waals surface area contributed by atoms with Crippen LogP contribution in [0.5, 0.6) is 0 Å². The van der Waals surface area contributed by atoms with Crippen molar-refractivity contribution in [2.45, 2.75) is 4.90 Å². The molecular formula is C17H18N2O4S. The number of likely N-dealkylation sites (N-methyl/N-ethyl adjacent to an activating group) is 1. The van der Waals surface area contributed by atoms with Crippen LogP contribution in [0.3, 0.4) is 0 Å². The minimum absolute atomic E-state index is 0.112. The number of carbonyl (C=O) groups is 3. The Morgan fingerprint density at radius 1 is 1.04 bits per heavy atom. The van der Waals surface area contributed by atoms with Crippen LogP contribution < -0.4 is 10.6 Å². The number of hydrogen-bond donors (Lipinski definition) is 2. The first kappa shape index (κ1) is 17.8. The first-order valence-electron chi connectivity index (χ1n) is 7.33. The van der Waals surface area contributed by atoms with Gasteiger partial charge in [-0.15, -0.1) is 11.8 Å². The molecule has 0 unspecified atom stereocenters. The monoisotopic (exact) mass is 346 g/mol. The van der Waals surface area contributed by atoms with E-state index in [-0.39, 0.29) is 18.2 Å². The van der Waals surface area contributed by atoms with E-state index in [1.54, 1.807) is 0 Å². The number of hydrogen-bond acceptors (Lipinski definition) is 5. The molecule has 0 aromatic heterocycles. The molecule has 2 aromatic carbocycles. The van der Waals surface area contributed by atoms with Gasteiger partial charge < -0.3 is 15.4 Å². The Hall–Kier alpha value is -2.54. The molecular weight excluding hydrogens is 328 g/mol. The van der Waals surface area contributed by atoms with Crippen molar-refractivity contribution in [2.75, 3.05) is 26.0 Å². The van der Waals surface area contributed by atoms with Gasteiger partial charge >= 0.3 is 5.97 Å². The molecule has 2 aromatic rings. The summed E-state index contributed by atoms with van der Waals surface area (Å²) in [4.78, 5) is 35.0. The quantitative estimate of drug-likeness (QED) is 0.584. The molecule has 126 valence electrons. The number of thioether (sulfide) groups is 1. The topological polar surface area (TPSA) is 84.5 Å². The Morgan fingerprint density at radius 2 is 1.79 bits per heavy atom. The lowest BCUT2D eigenvalue weighted by Crippen LogP contribution is -2.37. The fourth-order valence-corrected chi connectivity index (χ4v) is 2.65. The van der Waals surface area contributed by atoms with Crippen molar-refractivity contribution in [2.24, 2.45) is 0 Å². The van der Waals surface area contributed by atoms with Gasteiger partial charge in [0.05, 0.1) is 12.3 Å². The molecule has 0 radical (unpaired) electrons. The van der Waals surface area contributed by atoms with Crippen LogP contribution in [0.25, 0.3) is 10.8 Å². The molecule has 0 aliphatic rings. The maximum absolute atomic E-state index is 11.7. The highest BCUT2D eigenvalue weighted by Crippen LogP contribution is 2.23. The minimum atomic E-state index is -0.511. The van der Waals surface area contributed by atoms with Gasteiger partial charge in [0.15, 0.2) is 6.61 Å². The normalized spacial score (nSPS) is 10.2. The summed E-state index contributed by atoms with van der Waals surface area (Å²) in [6.45, 7) is -0.535. The zero-order valence-corrected chi connectivity index (χ0v) is 14.0. The van der Waals surface area contributed by atoms with Gasteiger partial charge in [0.25, 0.3) is 5.91 Å². The Bertz CT molecular complexity index is 748. The number of fused-ring (bicyclic) bond motifs is 1. The Kier molecular flexibility index (Phi) is 6.62. The Labute approximate surface area is 143 Å². The highest BCUT2D eigenvalue weighted by atomic mass is 32.2. The van der Waals surface area contributed by atoms with Crippen molar-refractivity contribution in [1.29, 1.82) is 0 Å². The lowest BCUT2D eigenvalue weighted by Gasteiger charge is -2.06. The predicted molar refractivity (Wildman–Crippen MR) is 92.7 cm³/mol. The summed E-state index contributed by atoms with van der Waals surface area (Å²) in [6, 6.07) is 13.9. The van der Waals surface area contributed by atoms with Gasteiger partial charge in [-0.3, -0.25) is 14.4 Å². The van der Waals surface area contributed by atoms with E-state index in [1.807, 2.05) is 42.5 Å². The van der Waals surface area contributed by atoms with Crippen molar-refractivity contribution in [3.05, 3.63) is 42.5 Å². The van der Waals surface area contributed by atoms with E-state index in [1.165, 1.54) is 18.8 Å². The second-order valence-corrected chi connectivity index (χ2v) is 5.96. The number of carbonyl (C=O) groups excluding carboxylic acids is 3. The van der Waals surface area contributed by atoms with Crippen molar-refractivity contribution < 1.29 is 19.1 Å². The van der Waals surface area contributed by atoms with Gasteiger partial charge in [-0.1, -0.05) is 30.3 Å². The molecule has 2 rings (SSSR count). The lowest BCUT2D eigenvalue weighted by atomic mass is 10.1. The molecule has 0 aliphatic carbocycles. The highest BCUT2D eigenvalue weighted by molar-refractivity contribution is 8.00. The third kappa shape index (κ3) is 5.58. The minimum Gasteiger partial charge on any atom is -0.455 e. The number of rotatable bonds is 7. The van der Waals surface area contributed by atoms with E-state index >= 15 is 0 Å². The lowest BCUT2D eigenvalue weighted by molar-refractivity contribution is -0.146. The van der Waals surface area contributed by atoms with Gasteiger partial charge in [-0.25, -0.2) is 0 Å². The second-order valence-electron chi connectivity index (χ2n) is 4.91. The summed E-state index contributed by atoms with van der Waals surface area (Å²) in [5.74, 6) is -1.20. The fraction of sp³-hybridized carbons (Fsp3) is 0.235. The van der Waals surface area contributed by atoms with Crippen molar-refractivity contribution in [3.8, 4) is 0 Å². The van der Waals surface area contributed by atoms with Gasteiger partial charge in [0.1, 0.15) is 0 Å². The fourth-order valence-electron chi connectivity index (χ4n) is 1.91. The molecule has 0 bridgehead atoms. The molecule has 0 saturated carbocycles. The Balaban J connectivity index is 1.74. The van der Waals surface area contributed by atoms with Crippen molar-refractivity contribution in [3.63, 3.8) is 0 Å². The van der Waals surface area contributed by atoms with Gasteiger partial charge in [-0.2, -0.15) is 0 Å². The van der Waals surface area contributed by atoms with Crippen LogP contribution in [0.2, 0.25) is 0 Å². The van der Waals surface area contributed by atoms with E-state index in [0.717, 1.165) is 15.7 Å². The molecule has 0 fully saturated rings. The van der Waals surface area contributed by atoms with E-state index in [0.29, 0.717) is 0 Å². The summed E-state index contributed by atoms with van der Waals surface area (Å²) in [5.41, 5.74) is 0. The van der Waals surface area contributed by atoms with Gasteiger partial charge in [-0.05, 0) is 22.9 Å². The Morgan fingerprint density at radius 3 is 2.54 bits per heavy atom. The number of benzene rings is 2. The summed E-state index contributed by atoms with van der Waals surface area (Å²) in [6.07, 6.45) is 0. The zero-order valence-electron chi connectivity index (χ0n) is 13.2. The van der Waals surface area contributed by atoms with Crippen LogP contribution in [0, 0.1) is 0 Å². The molecule has 0 aliphatic heterocycles. The van der Waals surface area contributed by atoms with E-state index in [4.69, 9.17) is 4.74 Å². The molecule has 6 nitrogen and oxygen atoms in total. The van der Waals surface area contributed by atoms with E-state index < -0.39 is 18.5 Å². The molecule has 2 N–H and O–H groups in total. The summed E-state index contributed by atoms with van der Waals surface area (Å²) in [5, 5.41) is 6.96. The highest BCUT2D eigenvalue weighted by Gasteiger charge is 2.09. The number of amides is 2. The SMILES string of the molecule is CNC(=O)CNC(=O)COC(=O)CSc1ccc2ccccc2c1. The van der Waals surface area contributed by atoms with E-state index in [2.05, 4.69) is 10.6 Å². The molecule has 0 spiro atoms. The van der Waals surface area contributed by atoms with Crippen LogP contribution in [0.1, 0.15) is 0 Å². The third-order valence-electron chi connectivity index (χ3n) is 3.17. The van der Waals surface area contributed by atoms with Crippen LogP contribution in [0.15, 0.2) is 47.4 Å². The molecule has 24 heavy (non-hydrogen) atoms. The molecule has 2 amide bonds.